The fourth-order valence-electron chi connectivity index (χ4n) is 3.59. The normalized spacial score (nSPS) is 11.1. The molecule has 0 fully saturated rings. The summed E-state index contributed by atoms with van der Waals surface area (Å²) in [5, 5.41) is 11.5. The van der Waals surface area contributed by atoms with Gasteiger partial charge in [-0.2, -0.15) is 10.1 Å². The topological polar surface area (TPSA) is 85.8 Å². The number of carbonyl (C=O) groups is 1. The van der Waals surface area contributed by atoms with Gasteiger partial charge in [-0.3, -0.25) is 4.79 Å². The molecule has 0 atom stereocenters. The molecule has 0 bridgehead atoms. The van der Waals surface area contributed by atoms with Gasteiger partial charge >= 0.3 is 0 Å². The van der Waals surface area contributed by atoms with Crippen LogP contribution in [0.15, 0.2) is 95.7 Å². The van der Waals surface area contributed by atoms with E-state index in [0.717, 1.165) is 11.3 Å². The number of aromatic nitrogens is 4. The number of benzene rings is 3. The first-order valence-corrected chi connectivity index (χ1v) is 10.9. The predicted molar refractivity (Wildman–Crippen MR) is 131 cm³/mol. The number of nitrogens with one attached hydrogen (secondary N) is 1. The highest BCUT2D eigenvalue weighted by molar-refractivity contribution is 6.04. The standard InChI is InChI=1S/C27H20FN5O2/c1-18-29-27(32-35-18)23-9-5-6-10-24(23)30-25(34)16-13-20-17-33(22-7-3-2-4-8-22)31-26(20)19-11-14-21(28)15-12-19/h2-17H,1H3,(H,30,34)/b16-13+. The van der Waals surface area contributed by atoms with E-state index in [4.69, 9.17) is 4.52 Å². The molecule has 172 valence electrons. The molecule has 5 aromatic rings. The second-order valence-corrected chi connectivity index (χ2v) is 7.73. The van der Waals surface area contributed by atoms with E-state index in [1.165, 1.54) is 18.2 Å². The second kappa shape index (κ2) is 9.56. The van der Waals surface area contributed by atoms with Gasteiger partial charge in [0.05, 0.1) is 17.1 Å². The van der Waals surface area contributed by atoms with E-state index < -0.39 is 0 Å². The van der Waals surface area contributed by atoms with Crippen LogP contribution in [0, 0.1) is 12.7 Å². The van der Waals surface area contributed by atoms with Gasteiger partial charge in [0.2, 0.25) is 17.6 Å². The Bertz CT molecular complexity index is 1500. The number of rotatable bonds is 6. The van der Waals surface area contributed by atoms with Crippen LogP contribution >= 0.6 is 0 Å². The summed E-state index contributed by atoms with van der Waals surface area (Å²) >= 11 is 0. The first kappa shape index (κ1) is 22.0. The van der Waals surface area contributed by atoms with E-state index in [2.05, 4.69) is 20.6 Å². The molecule has 0 saturated heterocycles. The Morgan fingerprint density at radius 3 is 2.49 bits per heavy atom. The molecular formula is C27H20FN5O2. The summed E-state index contributed by atoms with van der Waals surface area (Å²) < 4.78 is 20.3. The number of anilines is 1. The summed E-state index contributed by atoms with van der Waals surface area (Å²) in [6.45, 7) is 1.70. The minimum Gasteiger partial charge on any atom is -0.339 e. The Kier molecular flexibility index (Phi) is 6.00. The van der Waals surface area contributed by atoms with Crippen molar-refractivity contribution < 1.29 is 13.7 Å². The van der Waals surface area contributed by atoms with Gasteiger partial charge in [-0.1, -0.05) is 35.5 Å². The van der Waals surface area contributed by atoms with E-state index >= 15 is 0 Å². The van der Waals surface area contributed by atoms with Crippen LogP contribution in [0.5, 0.6) is 0 Å². The van der Waals surface area contributed by atoms with Crippen molar-refractivity contribution in [1.82, 2.24) is 19.9 Å². The number of amides is 1. The summed E-state index contributed by atoms with van der Waals surface area (Å²) in [4.78, 5) is 17.0. The molecular weight excluding hydrogens is 445 g/mol. The fourth-order valence-corrected chi connectivity index (χ4v) is 3.59. The highest BCUT2D eigenvalue weighted by atomic mass is 19.1. The zero-order valence-corrected chi connectivity index (χ0v) is 18.7. The first-order valence-electron chi connectivity index (χ1n) is 10.9. The average molecular weight is 465 g/mol. The summed E-state index contributed by atoms with van der Waals surface area (Å²) in [7, 11) is 0. The van der Waals surface area contributed by atoms with E-state index in [0.29, 0.717) is 34.2 Å². The lowest BCUT2D eigenvalue weighted by atomic mass is 10.1. The molecule has 1 amide bonds. The lowest BCUT2D eigenvalue weighted by molar-refractivity contribution is -0.111. The molecule has 0 radical (unpaired) electrons. The van der Waals surface area contributed by atoms with Crippen molar-refractivity contribution in [2.24, 2.45) is 0 Å². The molecule has 0 unspecified atom stereocenters. The third kappa shape index (κ3) is 4.91. The van der Waals surface area contributed by atoms with Crippen molar-refractivity contribution in [2.75, 3.05) is 5.32 Å². The maximum atomic E-state index is 13.5. The molecule has 0 aliphatic rings. The van der Waals surface area contributed by atoms with Crippen molar-refractivity contribution in [3.05, 3.63) is 108 Å². The summed E-state index contributed by atoms with van der Waals surface area (Å²) in [6.07, 6.45) is 4.94. The highest BCUT2D eigenvalue weighted by Gasteiger charge is 2.13. The van der Waals surface area contributed by atoms with Crippen molar-refractivity contribution in [1.29, 1.82) is 0 Å². The molecule has 2 aromatic heterocycles. The number of halogens is 1. The zero-order chi connectivity index (χ0) is 24.2. The molecule has 0 spiro atoms. The monoisotopic (exact) mass is 465 g/mol. The first-order chi connectivity index (χ1) is 17.1. The molecule has 0 saturated carbocycles. The van der Waals surface area contributed by atoms with Crippen molar-refractivity contribution in [2.45, 2.75) is 6.92 Å². The smallest absolute Gasteiger partial charge is 0.248 e. The van der Waals surface area contributed by atoms with Crippen LogP contribution in [-0.2, 0) is 4.79 Å². The van der Waals surface area contributed by atoms with Crippen LogP contribution in [0.2, 0.25) is 0 Å². The molecule has 7 nitrogen and oxygen atoms in total. The Labute approximate surface area is 200 Å². The van der Waals surface area contributed by atoms with Crippen molar-refractivity contribution in [3.63, 3.8) is 0 Å². The minimum atomic E-state index is -0.338. The second-order valence-electron chi connectivity index (χ2n) is 7.73. The van der Waals surface area contributed by atoms with Gasteiger partial charge in [0.25, 0.3) is 0 Å². The third-order valence-corrected chi connectivity index (χ3v) is 5.25. The largest absolute Gasteiger partial charge is 0.339 e. The maximum Gasteiger partial charge on any atom is 0.248 e. The summed E-state index contributed by atoms with van der Waals surface area (Å²) in [6, 6.07) is 22.9. The van der Waals surface area contributed by atoms with Gasteiger partial charge in [-0.05, 0) is 54.6 Å². The van der Waals surface area contributed by atoms with Crippen LogP contribution in [-0.4, -0.2) is 25.8 Å². The van der Waals surface area contributed by atoms with Crippen LogP contribution in [0.1, 0.15) is 11.5 Å². The lowest BCUT2D eigenvalue weighted by Gasteiger charge is -2.06. The molecule has 0 aliphatic carbocycles. The number of hydrogen-bond donors (Lipinski definition) is 1. The third-order valence-electron chi connectivity index (χ3n) is 5.25. The minimum absolute atomic E-state index is 0.330. The number of aryl methyl sites for hydroxylation is 1. The van der Waals surface area contributed by atoms with Crippen LogP contribution < -0.4 is 5.32 Å². The van der Waals surface area contributed by atoms with Gasteiger partial charge in [-0.25, -0.2) is 9.07 Å². The molecule has 5 rings (SSSR count). The van der Waals surface area contributed by atoms with E-state index in [1.54, 1.807) is 41.9 Å². The number of carbonyl (C=O) groups excluding carboxylic acids is 1. The maximum absolute atomic E-state index is 13.5. The predicted octanol–water partition coefficient (Wildman–Crippen LogP) is 5.69. The number of hydrogen-bond acceptors (Lipinski definition) is 5. The number of para-hydroxylation sites is 2. The van der Waals surface area contributed by atoms with Gasteiger partial charge in [0.1, 0.15) is 5.82 Å². The molecule has 2 heterocycles. The SMILES string of the molecule is Cc1nc(-c2ccccc2NC(=O)/C=C/c2cn(-c3ccccc3)nc2-c2ccc(F)cc2)no1. The molecule has 3 aromatic carbocycles. The quantitative estimate of drug-likeness (QED) is 0.326. The lowest BCUT2D eigenvalue weighted by Crippen LogP contribution is -2.09. The molecule has 1 N–H and O–H groups in total. The number of nitrogens with zero attached hydrogens (tertiary/aromatic N) is 4. The van der Waals surface area contributed by atoms with Gasteiger partial charge in [0, 0.05) is 35.9 Å². The van der Waals surface area contributed by atoms with Crippen LogP contribution in [0.4, 0.5) is 10.1 Å². The Morgan fingerprint density at radius 1 is 1.00 bits per heavy atom. The molecule has 35 heavy (non-hydrogen) atoms. The summed E-state index contributed by atoms with van der Waals surface area (Å²) in [5.41, 5.74) is 4.14. The Balaban J connectivity index is 1.44. The van der Waals surface area contributed by atoms with Gasteiger partial charge in [-0.15, -0.1) is 0 Å². The summed E-state index contributed by atoms with van der Waals surface area (Å²) in [5.74, 6) is 0.160. The van der Waals surface area contributed by atoms with Crippen LogP contribution in [0.3, 0.4) is 0 Å². The Hall–Kier alpha value is -4.85. The van der Waals surface area contributed by atoms with E-state index in [-0.39, 0.29) is 11.7 Å². The molecule has 8 heteroatoms. The highest BCUT2D eigenvalue weighted by Crippen LogP contribution is 2.27. The van der Waals surface area contributed by atoms with Crippen molar-refractivity contribution >= 4 is 17.7 Å². The van der Waals surface area contributed by atoms with Crippen LogP contribution in [0.25, 0.3) is 34.4 Å². The van der Waals surface area contributed by atoms with Crippen molar-refractivity contribution in [3.8, 4) is 28.3 Å². The zero-order valence-electron chi connectivity index (χ0n) is 18.7. The van der Waals surface area contributed by atoms with Gasteiger partial charge < -0.3 is 9.84 Å². The Morgan fingerprint density at radius 2 is 1.74 bits per heavy atom. The van der Waals surface area contributed by atoms with Gasteiger partial charge in [0.15, 0.2) is 0 Å². The average Bonchev–Trinajstić information content (AvgIpc) is 3.51. The fraction of sp³-hybridized carbons (Fsp3) is 0.0370. The van der Waals surface area contributed by atoms with E-state index in [9.17, 15) is 9.18 Å². The molecule has 0 aliphatic heterocycles. The van der Waals surface area contributed by atoms with E-state index in [1.807, 2.05) is 48.7 Å².